The fraction of sp³-hybridized carbons (Fsp3) is 0.429. The lowest BCUT2D eigenvalue weighted by atomic mass is 10.1. The molecule has 1 amide bonds. The zero-order chi connectivity index (χ0) is 25.9. The number of alkyl halides is 5. The Bertz CT molecular complexity index is 1350. The minimum Gasteiger partial charge on any atom is -0.355 e. The Balaban J connectivity index is 1.67. The second-order valence-electron chi connectivity index (χ2n) is 8.09. The molecule has 1 fully saturated rings. The summed E-state index contributed by atoms with van der Waals surface area (Å²) in [5, 5.41) is 16.6. The number of rotatable bonds is 6. The summed E-state index contributed by atoms with van der Waals surface area (Å²) in [5.74, 6) is -5.44. The van der Waals surface area contributed by atoms with Gasteiger partial charge in [-0.2, -0.15) is 32.3 Å². The van der Waals surface area contributed by atoms with Crippen molar-refractivity contribution in [2.45, 2.75) is 44.3 Å². The Morgan fingerprint density at radius 3 is 2.54 bits per heavy atom. The molecule has 1 aliphatic carbocycles. The Hall–Kier alpha value is -2.98. The molecule has 1 aliphatic rings. The van der Waals surface area contributed by atoms with Crippen LogP contribution in [0.5, 0.6) is 0 Å². The van der Waals surface area contributed by atoms with Crippen molar-refractivity contribution in [1.29, 1.82) is 5.26 Å². The lowest BCUT2D eigenvalue weighted by Crippen LogP contribution is -2.41. The summed E-state index contributed by atoms with van der Waals surface area (Å²) < 4.78 is 72.7. The number of hydrogen-bond donors (Lipinski definition) is 0. The van der Waals surface area contributed by atoms with Crippen LogP contribution in [0.25, 0.3) is 22.0 Å². The van der Waals surface area contributed by atoms with Crippen molar-refractivity contribution >= 4 is 28.8 Å². The number of aromatic nitrogens is 3. The van der Waals surface area contributed by atoms with Gasteiger partial charge in [0.25, 0.3) is 5.91 Å². The van der Waals surface area contributed by atoms with Crippen LogP contribution in [-0.4, -0.2) is 44.0 Å². The predicted octanol–water partition coefficient (Wildman–Crippen LogP) is 5.94. The largest absolute Gasteiger partial charge is 0.459 e. The number of carbonyl (C=O) groups is 1. The highest BCUT2D eigenvalue weighted by Crippen LogP contribution is 2.47. The Morgan fingerprint density at radius 2 is 2.00 bits per heavy atom. The summed E-state index contributed by atoms with van der Waals surface area (Å²) in [6.07, 6.45) is -4.67. The van der Waals surface area contributed by atoms with E-state index in [9.17, 15) is 32.0 Å². The second kappa shape index (κ2) is 8.30. The second-order valence-corrected chi connectivity index (χ2v) is 9.74. The van der Waals surface area contributed by atoms with Gasteiger partial charge < -0.3 is 9.42 Å². The van der Waals surface area contributed by atoms with Crippen LogP contribution in [0.3, 0.4) is 0 Å². The highest BCUT2D eigenvalue weighted by molar-refractivity contribution is 7.19. The van der Waals surface area contributed by atoms with Crippen molar-refractivity contribution in [3.8, 4) is 28.1 Å². The van der Waals surface area contributed by atoms with Gasteiger partial charge in [-0.1, -0.05) is 16.8 Å². The summed E-state index contributed by atoms with van der Waals surface area (Å²) in [4.78, 5) is 14.9. The maximum atomic E-state index is 13.9. The fourth-order valence-electron chi connectivity index (χ4n) is 3.91. The van der Waals surface area contributed by atoms with Gasteiger partial charge in [0.15, 0.2) is 5.76 Å². The summed E-state index contributed by atoms with van der Waals surface area (Å²) in [6, 6.07) is 4.98. The van der Waals surface area contributed by atoms with Crippen LogP contribution >= 0.6 is 22.9 Å². The molecular weight excluding hydrogens is 517 g/mol. The molecule has 0 aliphatic heterocycles. The first-order valence-corrected chi connectivity index (χ1v) is 11.5. The van der Waals surface area contributed by atoms with Gasteiger partial charge in [0.2, 0.25) is 0 Å². The van der Waals surface area contributed by atoms with E-state index in [1.165, 1.54) is 24.1 Å². The molecule has 0 aromatic carbocycles. The van der Waals surface area contributed by atoms with Crippen molar-refractivity contribution in [2.24, 2.45) is 7.05 Å². The van der Waals surface area contributed by atoms with E-state index in [0.717, 1.165) is 22.9 Å². The molecule has 0 bridgehead atoms. The van der Waals surface area contributed by atoms with Crippen LogP contribution < -0.4 is 0 Å². The number of hydrogen-bond acceptors (Lipinski definition) is 6. The van der Waals surface area contributed by atoms with Crippen molar-refractivity contribution in [1.82, 2.24) is 19.8 Å². The zero-order valence-corrected chi connectivity index (χ0v) is 20.1. The number of halogens is 6. The van der Waals surface area contributed by atoms with Gasteiger partial charge in [-0.15, -0.1) is 11.3 Å². The van der Waals surface area contributed by atoms with Crippen molar-refractivity contribution < 1.29 is 31.3 Å². The Kier molecular flexibility index (Phi) is 5.96. The molecule has 0 radical (unpaired) electrons. The molecule has 35 heavy (non-hydrogen) atoms. The van der Waals surface area contributed by atoms with Gasteiger partial charge in [-0.25, -0.2) is 0 Å². The Labute approximate surface area is 204 Å². The maximum Gasteiger partial charge on any atom is 0.459 e. The standard InChI is InChI=1S/C21H17ClF5N5O2S/c1-4-32(19(9-28)5-6-19)18(33)11-7-14(35-17(11)22)13-8-12(30-34-13)15-10(2)16(29-31(15)3)20(23,24)21(25,26)27/h7-8H,4-6H2,1-3H3. The minimum absolute atomic E-state index is 0.0225. The molecule has 14 heteroatoms. The van der Waals surface area contributed by atoms with Crippen molar-refractivity contribution in [2.75, 3.05) is 6.54 Å². The molecule has 186 valence electrons. The Morgan fingerprint density at radius 1 is 1.34 bits per heavy atom. The predicted molar refractivity (Wildman–Crippen MR) is 116 cm³/mol. The summed E-state index contributed by atoms with van der Waals surface area (Å²) in [6.45, 7) is 3.16. The summed E-state index contributed by atoms with van der Waals surface area (Å²) >= 11 is 7.30. The van der Waals surface area contributed by atoms with Crippen LogP contribution in [-0.2, 0) is 13.0 Å². The van der Waals surface area contributed by atoms with E-state index in [1.807, 2.05) is 0 Å². The zero-order valence-electron chi connectivity index (χ0n) is 18.5. The van der Waals surface area contributed by atoms with Crippen LogP contribution in [0.15, 0.2) is 16.7 Å². The van der Waals surface area contributed by atoms with Gasteiger partial charge in [0.05, 0.1) is 22.2 Å². The molecule has 0 spiro atoms. The quantitative estimate of drug-likeness (QED) is 0.366. The third-order valence-corrected chi connectivity index (χ3v) is 7.23. The molecule has 3 aromatic heterocycles. The van der Waals surface area contributed by atoms with Crippen molar-refractivity contribution in [3.05, 3.63) is 33.3 Å². The van der Waals surface area contributed by atoms with E-state index in [1.54, 1.807) is 6.92 Å². The average molecular weight is 534 g/mol. The molecule has 3 aromatic rings. The maximum absolute atomic E-state index is 13.9. The smallest absolute Gasteiger partial charge is 0.355 e. The summed E-state index contributed by atoms with van der Waals surface area (Å²) in [5.41, 5.74) is -2.61. The number of thiophene rings is 1. The molecule has 4 rings (SSSR count). The van der Waals surface area contributed by atoms with Crippen LogP contribution in [0.4, 0.5) is 22.0 Å². The van der Waals surface area contributed by atoms with Gasteiger partial charge in [-0.05, 0) is 32.8 Å². The van der Waals surface area contributed by atoms with Crippen LogP contribution in [0.2, 0.25) is 4.34 Å². The fourth-order valence-corrected chi connectivity index (χ4v) is 5.11. The van der Waals surface area contributed by atoms with E-state index in [0.29, 0.717) is 24.3 Å². The highest BCUT2D eigenvalue weighted by atomic mass is 35.5. The molecule has 0 saturated heterocycles. The first-order valence-electron chi connectivity index (χ1n) is 10.3. The molecule has 7 nitrogen and oxygen atoms in total. The van der Waals surface area contributed by atoms with Gasteiger partial charge in [0, 0.05) is 25.2 Å². The topological polar surface area (TPSA) is 87.9 Å². The number of amides is 1. The van der Waals surface area contributed by atoms with Gasteiger partial charge >= 0.3 is 12.1 Å². The number of nitrogens with zero attached hydrogens (tertiary/aromatic N) is 5. The normalized spacial score (nSPS) is 15.2. The number of carbonyl (C=O) groups excluding carboxylic acids is 1. The molecule has 0 N–H and O–H groups in total. The molecule has 1 saturated carbocycles. The van der Waals surface area contributed by atoms with E-state index >= 15 is 0 Å². The first-order chi connectivity index (χ1) is 16.3. The van der Waals surface area contributed by atoms with Crippen LogP contribution in [0.1, 0.15) is 41.4 Å². The highest BCUT2D eigenvalue weighted by Gasteiger charge is 2.61. The number of aryl methyl sites for hydroxylation is 1. The SMILES string of the molecule is CCN(C(=O)c1cc(-c2cc(-c3c(C)c(C(F)(F)C(F)(F)F)nn3C)no2)sc1Cl)C1(C#N)CC1. The van der Waals surface area contributed by atoms with Gasteiger partial charge in [0.1, 0.15) is 21.3 Å². The van der Waals surface area contributed by atoms with E-state index in [2.05, 4.69) is 16.3 Å². The monoisotopic (exact) mass is 533 g/mol. The van der Waals surface area contributed by atoms with E-state index in [-0.39, 0.29) is 27.0 Å². The lowest BCUT2D eigenvalue weighted by Gasteiger charge is -2.25. The number of nitriles is 1. The van der Waals surface area contributed by atoms with Crippen molar-refractivity contribution in [3.63, 3.8) is 0 Å². The van der Waals surface area contributed by atoms with Crippen LogP contribution in [0, 0.1) is 18.3 Å². The lowest BCUT2D eigenvalue weighted by molar-refractivity contribution is -0.291. The molecule has 3 heterocycles. The third-order valence-electron chi connectivity index (χ3n) is 5.86. The van der Waals surface area contributed by atoms with E-state index < -0.39 is 34.8 Å². The van der Waals surface area contributed by atoms with Gasteiger partial charge in [-0.3, -0.25) is 9.48 Å². The molecule has 0 unspecified atom stereocenters. The van der Waals surface area contributed by atoms with E-state index in [4.69, 9.17) is 16.1 Å². The minimum atomic E-state index is -5.81. The average Bonchev–Trinajstić information content (AvgIpc) is 3.08. The molecule has 0 atom stereocenters. The summed E-state index contributed by atoms with van der Waals surface area (Å²) in [7, 11) is 1.22. The first kappa shape index (κ1) is 25.1. The third kappa shape index (κ3) is 3.98. The molecular formula is C21H17ClF5N5O2S.